The molecule has 110 valence electrons. The second-order valence-electron chi connectivity index (χ2n) is 4.31. The average molecular weight is 392 g/mol. The summed E-state index contributed by atoms with van der Waals surface area (Å²) in [4.78, 5) is 11.6. The zero-order valence-electron chi connectivity index (χ0n) is 10.5. The summed E-state index contributed by atoms with van der Waals surface area (Å²) in [5.41, 5.74) is 6.33. The lowest BCUT2D eigenvalue weighted by molar-refractivity contribution is -0.118. The molecule has 3 nitrogen and oxygen atoms in total. The molecule has 0 heterocycles. The Hall–Kier alpha value is -1.30. The molecule has 0 saturated heterocycles. The molecule has 0 radical (unpaired) electrons. The van der Waals surface area contributed by atoms with Crippen LogP contribution in [0.4, 0.5) is 10.1 Å². The first-order chi connectivity index (χ1) is 9.86. The van der Waals surface area contributed by atoms with Crippen molar-refractivity contribution >= 4 is 50.7 Å². The van der Waals surface area contributed by atoms with Crippen molar-refractivity contribution in [1.82, 2.24) is 0 Å². The van der Waals surface area contributed by atoms with E-state index in [-0.39, 0.29) is 5.02 Å². The molecule has 21 heavy (non-hydrogen) atoms. The highest BCUT2D eigenvalue weighted by atomic mass is 79.9. The van der Waals surface area contributed by atoms with Crippen molar-refractivity contribution in [2.24, 2.45) is 5.73 Å². The van der Waals surface area contributed by atoms with Crippen molar-refractivity contribution in [3.05, 3.63) is 62.3 Å². The maximum Gasteiger partial charge on any atom is 0.244 e. The van der Waals surface area contributed by atoms with E-state index in [9.17, 15) is 9.18 Å². The van der Waals surface area contributed by atoms with Gasteiger partial charge in [-0.15, -0.1) is 0 Å². The molecule has 1 amide bonds. The molecule has 2 rings (SSSR count). The minimum Gasteiger partial charge on any atom is -0.370 e. The number of rotatable bonds is 4. The van der Waals surface area contributed by atoms with Crippen LogP contribution in [-0.4, -0.2) is 5.91 Å². The Labute approximate surface area is 139 Å². The van der Waals surface area contributed by atoms with E-state index in [0.717, 1.165) is 6.07 Å². The second-order valence-corrected chi connectivity index (χ2v) is 6.01. The lowest BCUT2D eigenvalue weighted by atomic mass is 10.1. The van der Waals surface area contributed by atoms with Crippen molar-refractivity contribution in [2.45, 2.75) is 6.04 Å². The Kier molecular flexibility index (Phi) is 5.08. The average Bonchev–Trinajstić information content (AvgIpc) is 2.38. The molecule has 0 bridgehead atoms. The van der Waals surface area contributed by atoms with Crippen molar-refractivity contribution in [1.29, 1.82) is 0 Å². The van der Waals surface area contributed by atoms with Crippen LogP contribution in [0.15, 0.2) is 40.9 Å². The number of amides is 1. The summed E-state index contributed by atoms with van der Waals surface area (Å²) in [5.74, 6) is -1.19. The van der Waals surface area contributed by atoms with Crippen LogP contribution in [0.25, 0.3) is 0 Å². The van der Waals surface area contributed by atoms with Gasteiger partial charge in [-0.1, -0.05) is 23.2 Å². The number of primary amides is 1. The zero-order valence-corrected chi connectivity index (χ0v) is 13.6. The van der Waals surface area contributed by atoms with Gasteiger partial charge >= 0.3 is 0 Å². The maximum absolute atomic E-state index is 13.4. The molecule has 0 spiro atoms. The molecule has 2 aromatic carbocycles. The van der Waals surface area contributed by atoms with Crippen LogP contribution in [0.3, 0.4) is 0 Å². The number of halogens is 4. The first-order valence-corrected chi connectivity index (χ1v) is 7.38. The Morgan fingerprint density at radius 2 is 1.95 bits per heavy atom. The van der Waals surface area contributed by atoms with Crippen LogP contribution in [0.5, 0.6) is 0 Å². The van der Waals surface area contributed by atoms with Gasteiger partial charge in [-0.25, -0.2) is 4.39 Å². The number of nitrogens with one attached hydrogen (secondary N) is 1. The predicted octanol–water partition coefficient (Wildman–Crippen LogP) is 4.53. The molecule has 0 saturated carbocycles. The fourth-order valence-corrected chi connectivity index (χ4v) is 2.54. The van der Waals surface area contributed by atoms with E-state index in [4.69, 9.17) is 28.9 Å². The first-order valence-electron chi connectivity index (χ1n) is 5.83. The molecule has 0 aromatic heterocycles. The Morgan fingerprint density at radius 3 is 2.52 bits per heavy atom. The number of hydrogen-bond donors (Lipinski definition) is 2. The van der Waals surface area contributed by atoms with Gasteiger partial charge in [0.05, 0.1) is 5.02 Å². The maximum atomic E-state index is 13.4. The van der Waals surface area contributed by atoms with E-state index in [1.165, 1.54) is 12.1 Å². The van der Waals surface area contributed by atoms with Gasteiger partial charge in [0.1, 0.15) is 11.9 Å². The van der Waals surface area contributed by atoms with Crippen molar-refractivity contribution < 1.29 is 9.18 Å². The van der Waals surface area contributed by atoms with E-state index in [1.54, 1.807) is 18.2 Å². The largest absolute Gasteiger partial charge is 0.370 e. The summed E-state index contributed by atoms with van der Waals surface area (Å²) >= 11 is 15.0. The van der Waals surface area contributed by atoms with Crippen LogP contribution in [-0.2, 0) is 4.79 Å². The number of anilines is 1. The highest BCUT2D eigenvalue weighted by Gasteiger charge is 2.19. The monoisotopic (exact) mass is 390 g/mol. The van der Waals surface area contributed by atoms with Crippen LogP contribution >= 0.6 is 39.1 Å². The molecular formula is C14H10BrCl2FN2O. The second kappa shape index (κ2) is 6.64. The molecule has 0 aliphatic heterocycles. The standard InChI is InChI=1S/C14H10BrCl2FN2O/c15-11-6-10(1-2-12(11)17)20-13(14(19)21)7-3-8(16)5-9(18)4-7/h1-6,13,20H,(H2,19,21). The van der Waals surface area contributed by atoms with Gasteiger partial charge in [0, 0.05) is 15.2 Å². The number of benzene rings is 2. The van der Waals surface area contributed by atoms with E-state index >= 15 is 0 Å². The van der Waals surface area contributed by atoms with Gasteiger partial charge in [-0.2, -0.15) is 0 Å². The van der Waals surface area contributed by atoms with Gasteiger partial charge in [0.15, 0.2) is 0 Å². The molecule has 0 fully saturated rings. The Balaban J connectivity index is 2.35. The number of carbonyl (C=O) groups excluding carboxylic acids is 1. The van der Waals surface area contributed by atoms with Crippen molar-refractivity contribution in [3.63, 3.8) is 0 Å². The van der Waals surface area contributed by atoms with E-state index < -0.39 is 17.8 Å². The summed E-state index contributed by atoms with van der Waals surface area (Å²) in [7, 11) is 0. The first kappa shape index (κ1) is 16.1. The van der Waals surface area contributed by atoms with E-state index in [0.29, 0.717) is 20.7 Å². The minimum atomic E-state index is -0.911. The third-order valence-electron chi connectivity index (χ3n) is 2.73. The summed E-state index contributed by atoms with van der Waals surface area (Å²) in [6.45, 7) is 0. The molecule has 1 unspecified atom stereocenters. The lowest BCUT2D eigenvalue weighted by Crippen LogP contribution is -2.27. The van der Waals surface area contributed by atoms with Crippen molar-refractivity contribution in [2.75, 3.05) is 5.32 Å². The molecule has 0 aliphatic carbocycles. The minimum absolute atomic E-state index is 0.190. The number of nitrogens with two attached hydrogens (primary N) is 1. The normalized spacial score (nSPS) is 12.0. The summed E-state index contributed by atoms with van der Waals surface area (Å²) in [6, 6.07) is 7.97. The van der Waals surface area contributed by atoms with Crippen molar-refractivity contribution in [3.8, 4) is 0 Å². The Morgan fingerprint density at radius 1 is 1.24 bits per heavy atom. The molecule has 1 atom stereocenters. The van der Waals surface area contributed by atoms with E-state index in [1.807, 2.05) is 0 Å². The van der Waals surface area contributed by atoms with Gasteiger partial charge in [-0.05, 0) is 57.9 Å². The molecule has 0 aliphatic rings. The molecule has 3 N–H and O–H groups in total. The van der Waals surface area contributed by atoms with Crippen LogP contribution in [0, 0.1) is 5.82 Å². The van der Waals surface area contributed by atoms with Gasteiger partial charge in [0.2, 0.25) is 5.91 Å². The molecule has 7 heteroatoms. The number of carbonyl (C=O) groups is 1. The SMILES string of the molecule is NC(=O)C(Nc1ccc(Cl)c(Br)c1)c1cc(F)cc(Cl)c1. The number of hydrogen-bond acceptors (Lipinski definition) is 2. The van der Waals surface area contributed by atoms with Crippen LogP contribution < -0.4 is 11.1 Å². The van der Waals surface area contributed by atoms with Gasteiger partial charge in [-0.3, -0.25) is 4.79 Å². The summed E-state index contributed by atoms with van der Waals surface area (Å²) in [6.07, 6.45) is 0. The van der Waals surface area contributed by atoms with E-state index in [2.05, 4.69) is 21.2 Å². The fraction of sp³-hybridized carbons (Fsp3) is 0.0714. The lowest BCUT2D eigenvalue weighted by Gasteiger charge is -2.18. The molecular weight excluding hydrogens is 382 g/mol. The molecule has 2 aromatic rings. The Bertz CT molecular complexity index is 676. The fourth-order valence-electron chi connectivity index (χ4n) is 1.81. The summed E-state index contributed by atoms with van der Waals surface area (Å²) in [5, 5.41) is 3.65. The van der Waals surface area contributed by atoms with Crippen LogP contribution in [0.1, 0.15) is 11.6 Å². The van der Waals surface area contributed by atoms with Gasteiger partial charge in [0.25, 0.3) is 0 Å². The third-order valence-corrected chi connectivity index (χ3v) is 4.17. The smallest absolute Gasteiger partial charge is 0.244 e. The topological polar surface area (TPSA) is 55.1 Å². The quantitative estimate of drug-likeness (QED) is 0.804. The predicted molar refractivity (Wildman–Crippen MR) is 86.1 cm³/mol. The van der Waals surface area contributed by atoms with Crippen LogP contribution in [0.2, 0.25) is 10.0 Å². The zero-order chi connectivity index (χ0) is 15.6. The highest BCUT2D eigenvalue weighted by molar-refractivity contribution is 9.10. The highest BCUT2D eigenvalue weighted by Crippen LogP contribution is 2.28. The summed E-state index contributed by atoms with van der Waals surface area (Å²) < 4.78 is 14.1. The van der Waals surface area contributed by atoms with Gasteiger partial charge < -0.3 is 11.1 Å². The third kappa shape index (κ3) is 4.09.